The fraction of sp³-hybridized carbons (Fsp3) is 1.00. The Labute approximate surface area is 104 Å². The van der Waals surface area contributed by atoms with E-state index in [1.807, 2.05) is 13.8 Å². The third kappa shape index (κ3) is 2.01. The van der Waals surface area contributed by atoms with Gasteiger partial charge in [-0.1, -0.05) is 13.8 Å². The molecule has 2 heterocycles. The minimum Gasteiger partial charge on any atom is -0.347 e. The second kappa shape index (κ2) is 4.19. The summed E-state index contributed by atoms with van der Waals surface area (Å²) in [4.78, 5) is 0. The molecule has 0 unspecified atom stereocenters. The van der Waals surface area contributed by atoms with Gasteiger partial charge < -0.3 is 9.47 Å². The third-order valence-corrected chi connectivity index (χ3v) is 4.41. The number of piperidine rings is 1. The van der Waals surface area contributed by atoms with Crippen molar-refractivity contribution in [3.05, 3.63) is 0 Å². The van der Waals surface area contributed by atoms with Gasteiger partial charge in [0.05, 0.1) is 18.8 Å². The summed E-state index contributed by atoms with van der Waals surface area (Å²) in [6.45, 7) is 9.45. The smallest absolute Gasteiger partial charge is 0.172 e. The van der Waals surface area contributed by atoms with E-state index in [1.165, 1.54) is 5.06 Å². The Morgan fingerprint density at radius 3 is 2.06 bits per heavy atom. The Bertz CT molecular complexity index is 280. The van der Waals surface area contributed by atoms with Crippen molar-refractivity contribution in [2.45, 2.75) is 70.2 Å². The molecule has 0 atom stereocenters. The van der Waals surface area contributed by atoms with Crippen LogP contribution in [0.3, 0.4) is 0 Å². The highest BCUT2D eigenvalue weighted by molar-refractivity contribution is 5.04. The third-order valence-electron chi connectivity index (χ3n) is 4.41. The van der Waals surface area contributed by atoms with Gasteiger partial charge >= 0.3 is 0 Å². The quantitative estimate of drug-likeness (QED) is 0.747. The number of hydrogen-bond donors (Lipinski definition) is 0. The summed E-state index contributed by atoms with van der Waals surface area (Å²) in [5, 5.41) is 13.9. The molecule has 0 aromatic rings. The van der Waals surface area contributed by atoms with Crippen LogP contribution in [0.1, 0.15) is 53.4 Å². The molecule has 99 valence electrons. The van der Waals surface area contributed by atoms with Crippen LogP contribution < -0.4 is 0 Å². The van der Waals surface area contributed by atoms with E-state index >= 15 is 0 Å². The number of ether oxygens (including phenoxy) is 2. The maximum atomic E-state index is 12.6. The van der Waals surface area contributed by atoms with Crippen molar-refractivity contribution in [1.29, 1.82) is 0 Å². The van der Waals surface area contributed by atoms with Gasteiger partial charge in [-0.2, -0.15) is 0 Å². The molecule has 0 N–H and O–H groups in total. The highest BCUT2D eigenvalue weighted by Crippen LogP contribution is 2.49. The SMILES string of the molecule is CCC1(CC)CC2(CC(C)(C)N1[O])OCCO2. The molecule has 4 nitrogen and oxygen atoms in total. The number of rotatable bonds is 2. The first-order valence-corrected chi connectivity index (χ1v) is 6.65. The Morgan fingerprint density at radius 1 is 1.06 bits per heavy atom. The summed E-state index contributed by atoms with van der Waals surface area (Å²) < 4.78 is 11.7. The minimum atomic E-state index is -0.517. The molecule has 0 bridgehead atoms. The first kappa shape index (κ1) is 13.3. The van der Waals surface area contributed by atoms with Gasteiger partial charge in [0.15, 0.2) is 5.79 Å². The van der Waals surface area contributed by atoms with E-state index in [1.54, 1.807) is 0 Å². The van der Waals surface area contributed by atoms with Crippen molar-refractivity contribution in [1.82, 2.24) is 5.06 Å². The Balaban J connectivity index is 2.33. The van der Waals surface area contributed by atoms with Crippen LogP contribution >= 0.6 is 0 Å². The summed E-state index contributed by atoms with van der Waals surface area (Å²) in [7, 11) is 0. The molecule has 2 fully saturated rings. The zero-order valence-electron chi connectivity index (χ0n) is 11.4. The Hall–Kier alpha value is -0.160. The standard InChI is InChI=1S/C13H24NO3/c1-5-12(6-2)10-13(16-7-8-17-13)9-11(3,4)14(12)15/h5-10H2,1-4H3. The monoisotopic (exact) mass is 242 g/mol. The first-order chi connectivity index (χ1) is 7.90. The predicted octanol–water partition coefficient (Wildman–Crippen LogP) is 2.51. The maximum absolute atomic E-state index is 12.6. The van der Waals surface area contributed by atoms with E-state index < -0.39 is 11.3 Å². The van der Waals surface area contributed by atoms with Crippen LogP contribution in [0, 0.1) is 0 Å². The lowest BCUT2D eigenvalue weighted by Crippen LogP contribution is -2.65. The lowest BCUT2D eigenvalue weighted by atomic mass is 9.73. The van der Waals surface area contributed by atoms with E-state index in [2.05, 4.69) is 13.8 Å². The molecule has 1 spiro atoms. The van der Waals surface area contributed by atoms with E-state index in [0.29, 0.717) is 26.1 Å². The van der Waals surface area contributed by atoms with Crippen molar-refractivity contribution >= 4 is 0 Å². The molecular weight excluding hydrogens is 218 g/mol. The minimum absolute atomic E-state index is 0.341. The van der Waals surface area contributed by atoms with E-state index in [0.717, 1.165) is 12.8 Å². The normalized spacial score (nSPS) is 30.9. The summed E-state index contributed by atoms with van der Waals surface area (Å²) in [6, 6.07) is 0. The lowest BCUT2D eigenvalue weighted by Gasteiger charge is -2.55. The zero-order valence-corrected chi connectivity index (χ0v) is 11.4. The highest BCUT2D eigenvalue weighted by Gasteiger charge is 2.58. The largest absolute Gasteiger partial charge is 0.347 e. The number of hydroxylamine groups is 2. The van der Waals surface area contributed by atoms with E-state index in [9.17, 15) is 5.21 Å². The van der Waals surface area contributed by atoms with Crippen LogP contribution in [0.25, 0.3) is 0 Å². The summed E-state index contributed by atoms with van der Waals surface area (Å²) in [5.41, 5.74) is -0.763. The molecule has 2 aliphatic heterocycles. The fourth-order valence-corrected chi connectivity index (χ4v) is 3.50. The molecule has 2 saturated heterocycles. The molecule has 0 aliphatic carbocycles. The Morgan fingerprint density at radius 2 is 1.59 bits per heavy atom. The van der Waals surface area contributed by atoms with Crippen LogP contribution in [0.5, 0.6) is 0 Å². The van der Waals surface area contributed by atoms with Gasteiger partial charge in [-0.25, -0.2) is 0 Å². The molecule has 1 radical (unpaired) electrons. The van der Waals surface area contributed by atoms with E-state index in [-0.39, 0.29) is 5.54 Å². The van der Waals surface area contributed by atoms with Crippen molar-refractivity contribution in [2.24, 2.45) is 0 Å². The molecule has 2 rings (SSSR count). The number of nitrogens with zero attached hydrogens (tertiary/aromatic N) is 1. The lowest BCUT2D eigenvalue weighted by molar-refractivity contribution is -0.350. The van der Waals surface area contributed by atoms with Crippen molar-refractivity contribution in [2.75, 3.05) is 13.2 Å². The van der Waals surface area contributed by atoms with Gasteiger partial charge in [-0.05, 0) is 26.7 Å². The number of hydrogen-bond acceptors (Lipinski definition) is 3. The second-order valence-corrected chi connectivity index (χ2v) is 6.00. The summed E-state index contributed by atoms with van der Waals surface area (Å²) >= 11 is 0. The molecule has 2 aliphatic rings. The van der Waals surface area contributed by atoms with Crippen LogP contribution in [-0.2, 0) is 14.7 Å². The molecule has 4 heteroatoms. The predicted molar refractivity (Wildman–Crippen MR) is 63.8 cm³/mol. The van der Waals surface area contributed by atoms with Crippen LogP contribution in [0.2, 0.25) is 0 Å². The second-order valence-electron chi connectivity index (χ2n) is 6.00. The summed E-state index contributed by atoms with van der Waals surface area (Å²) in [5.74, 6) is -0.517. The van der Waals surface area contributed by atoms with Crippen molar-refractivity contribution in [3.8, 4) is 0 Å². The maximum Gasteiger partial charge on any atom is 0.172 e. The van der Waals surface area contributed by atoms with Gasteiger partial charge in [-0.3, -0.25) is 0 Å². The van der Waals surface area contributed by atoms with Gasteiger partial charge in [0.25, 0.3) is 0 Å². The van der Waals surface area contributed by atoms with Gasteiger partial charge in [-0.15, -0.1) is 10.3 Å². The molecule has 0 aromatic carbocycles. The van der Waals surface area contributed by atoms with Crippen LogP contribution in [-0.4, -0.2) is 35.1 Å². The molecule has 0 saturated carbocycles. The van der Waals surface area contributed by atoms with Gasteiger partial charge in [0, 0.05) is 18.4 Å². The topological polar surface area (TPSA) is 41.6 Å². The molecule has 0 amide bonds. The fourth-order valence-electron chi connectivity index (χ4n) is 3.50. The van der Waals surface area contributed by atoms with E-state index in [4.69, 9.17) is 9.47 Å². The van der Waals surface area contributed by atoms with Crippen LogP contribution in [0.4, 0.5) is 0 Å². The van der Waals surface area contributed by atoms with Gasteiger partial charge in [0.2, 0.25) is 0 Å². The first-order valence-electron chi connectivity index (χ1n) is 6.65. The highest BCUT2D eigenvalue weighted by atomic mass is 16.7. The van der Waals surface area contributed by atoms with Gasteiger partial charge in [0.1, 0.15) is 0 Å². The average Bonchev–Trinajstić information content (AvgIpc) is 2.71. The van der Waals surface area contributed by atoms with Crippen LogP contribution in [0.15, 0.2) is 0 Å². The van der Waals surface area contributed by atoms with Crippen molar-refractivity contribution in [3.63, 3.8) is 0 Å². The van der Waals surface area contributed by atoms with Crippen molar-refractivity contribution < 1.29 is 14.7 Å². The molecule has 17 heavy (non-hydrogen) atoms. The average molecular weight is 242 g/mol. The molecular formula is C13H24NO3. The molecule has 0 aromatic heterocycles. The Kier molecular flexibility index (Phi) is 3.28. The summed E-state index contributed by atoms with van der Waals surface area (Å²) in [6.07, 6.45) is 3.03. The zero-order chi connectivity index (χ0) is 12.7.